The van der Waals surface area contributed by atoms with E-state index in [0.29, 0.717) is 6.04 Å². The Kier molecular flexibility index (Phi) is 6.77. The second-order valence-electron chi connectivity index (χ2n) is 6.08. The molecule has 1 fully saturated rings. The van der Waals surface area contributed by atoms with Crippen molar-refractivity contribution in [2.24, 2.45) is 0 Å². The Hall–Kier alpha value is -1.32. The van der Waals surface area contributed by atoms with Crippen LogP contribution in [0.15, 0.2) is 12.4 Å². The van der Waals surface area contributed by atoms with Gasteiger partial charge in [0.25, 0.3) is 0 Å². The fourth-order valence-corrected chi connectivity index (χ4v) is 3.11. The summed E-state index contributed by atoms with van der Waals surface area (Å²) in [5.74, 6) is 2.05. The number of anilines is 2. The van der Waals surface area contributed by atoms with Crippen LogP contribution in [0.5, 0.6) is 0 Å². The van der Waals surface area contributed by atoms with Gasteiger partial charge in [-0.1, -0.05) is 39.5 Å². The van der Waals surface area contributed by atoms with Crippen molar-refractivity contribution >= 4 is 11.6 Å². The molecule has 0 aromatic carbocycles. The number of hydrogen-bond acceptors (Lipinski definition) is 4. The zero-order valence-electron chi connectivity index (χ0n) is 13.6. The molecule has 0 unspecified atom stereocenters. The predicted octanol–water partition coefficient (Wildman–Crippen LogP) is 4.24. The summed E-state index contributed by atoms with van der Waals surface area (Å²) in [7, 11) is 0. The first kappa shape index (κ1) is 16.1. The first-order chi connectivity index (χ1) is 10.3. The molecule has 0 spiro atoms. The predicted molar refractivity (Wildman–Crippen MR) is 89.9 cm³/mol. The van der Waals surface area contributed by atoms with Crippen LogP contribution >= 0.6 is 0 Å². The second-order valence-corrected chi connectivity index (χ2v) is 6.08. The summed E-state index contributed by atoms with van der Waals surface area (Å²) in [4.78, 5) is 11.2. The monoisotopic (exact) mass is 290 g/mol. The topological polar surface area (TPSA) is 41.0 Å². The van der Waals surface area contributed by atoms with Gasteiger partial charge in [-0.15, -0.1) is 0 Å². The van der Waals surface area contributed by atoms with Gasteiger partial charge in [-0.05, 0) is 25.7 Å². The molecule has 1 heterocycles. The Labute approximate surface area is 129 Å². The molecule has 1 aromatic heterocycles. The molecule has 1 aromatic rings. The maximum absolute atomic E-state index is 4.46. The molecule has 4 nitrogen and oxygen atoms in total. The molecule has 1 saturated carbocycles. The lowest BCUT2D eigenvalue weighted by atomic mass is 10.1. The highest BCUT2D eigenvalue weighted by atomic mass is 15.2. The molecule has 21 heavy (non-hydrogen) atoms. The lowest BCUT2D eigenvalue weighted by Crippen LogP contribution is -2.26. The first-order valence-electron chi connectivity index (χ1n) is 8.67. The second kappa shape index (κ2) is 8.85. The molecular weight excluding hydrogens is 260 g/mol. The maximum atomic E-state index is 4.46. The van der Waals surface area contributed by atoms with Crippen LogP contribution in [0.3, 0.4) is 0 Å². The van der Waals surface area contributed by atoms with E-state index in [1.807, 2.05) is 0 Å². The van der Waals surface area contributed by atoms with Crippen molar-refractivity contribution in [3.05, 3.63) is 12.4 Å². The third-order valence-corrected chi connectivity index (χ3v) is 4.17. The van der Waals surface area contributed by atoms with Gasteiger partial charge in [0.15, 0.2) is 0 Å². The molecule has 0 saturated heterocycles. The highest BCUT2D eigenvalue weighted by molar-refractivity contribution is 5.48. The van der Waals surface area contributed by atoms with Gasteiger partial charge in [0.1, 0.15) is 18.0 Å². The van der Waals surface area contributed by atoms with Crippen LogP contribution < -0.4 is 10.2 Å². The summed E-state index contributed by atoms with van der Waals surface area (Å²) >= 11 is 0. The summed E-state index contributed by atoms with van der Waals surface area (Å²) < 4.78 is 0. The van der Waals surface area contributed by atoms with E-state index in [1.165, 1.54) is 38.5 Å². The van der Waals surface area contributed by atoms with Crippen LogP contribution in [0.25, 0.3) is 0 Å². The Morgan fingerprint density at radius 2 is 1.71 bits per heavy atom. The molecule has 0 amide bonds. The SMILES string of the molecule is CCCN(CCC)c1cc(NC2CCCCCC2)ncn1. The minimum absolute atomic E-state index is 0.584. The molecule has 2 rings (SSSR count). The Morgan fingerprint density at radius 3 is 2.33 bits per heavy atom. The van der Waals surface area contributed by atoms with Crippen molar-refractivity contribution in [3.8, 4) is 0 Å². The van der Waals surface area contributed by atoms with Crippen LogP contribution in [-0.2, 0) is 0 Å². The molecular formula is C17H30N4. The van der Waals surface area contributed by atoms with E-state index in [2.05, 4.69) is 40.1 Å². The average Bonchev–Trinajstić information content (AvgIpc) is 2.76. The fraction of sp³-hybridized carbons (Fsp3) is 0.765. The minimum Gasteiger partial charge on any atom is -0.367 e. The van der Waals surface area contributed by atoms with Crippen molar-refractivity contribution in [2.75, 3.05) is 23.3 Å². The summed E-state index contributed by atoms with van der Waals surface area (Å²) in [6.45, 7) is 6.56. The number of nitrogens with one attached hydrogen (secondary N) is 1. The Bertz CT molecular complexity index is 394. The minimum atomic E-state index is 0.584. The number of nitrogens with zero attached hydrogens (tertiary/aromatic N) is 3. The third-order valence-electron chi connectivity index (χ3n) is 4.17. The maximum Gasteiger partial charge on any atom is 0.134 e. The van der Waals surface area contributed by atoms with Gasteiger partial charge in [-0.25, -0.2) is 9.97 Å². The molecule has 4 heteroatoms. The highest BCUT2D eigenvalue weighted by Gasteiger charge is 2.13. The summed E-state index contributed by atoms with van der Waals surface area (Å²) in [5, 5.41) is 3.62. The molecule has 1 N–H and O–H groups in total. The van der Waals surface area contributed by atoms with Gasteiger partial charge in [-0.3, -0.25) is 0 Å². The highest BCUT2D eigenvalue weighted by Crippen LogP contribution is 2.22. The molecule has 1 aliphatic carbocycles. The van der Waals surface area contributed by atoms with Crippen molar-refractivity contribution in [1.29, 1.82) is 0 Å². The normalized spacial score (nSPS) is 16.5. The molecule has 1 aliphatic rings. The van der Waals surface area contributed by atoms with Gasteiger partial charge in [0, 0.05) is 25.2 Å². The van der Waals surface area contributed by atoms with E-state index in [1.54, 1.807) is 6.33 Å². The van der Waals surface area contributed by atoms with Crippen LogP contribution in [0.2, 0.25) is 0 Å². The third kappa shape index (κ3) is 5.18. The van der Waals surface area contributed by atoms with Crippen LogP contribution in [0, 0.1) is 0 Å². The largest absolute Gasteiger partial charge is 0.367 e. The smallest absolute Gasteiger partial charge is 0.134 e. The molecule has 0 atom stereocenters. The molecule has 0 radical (unpaired) electrons. The Morgan fingerprint density at radius 1 is 1.05 bits per heavy atom. The summed E-state index contributed by atoms with van der Waals surface area (Å²) in [5.41, 5.74) is 0. The van der Waals surface area contributed by atoms with E-state index in [0.717, 1.165) is 37.6 Å². The molecule has 0 bridgehead atoms. The van der Waals surface area contributed by atoms with Crippen LogP contribution in [0.1, 0.15) is 65.2 Å². The van der Waals surface area contributed by atoms with Crippen molar-refractivity contribution < 1.29 is 0 Å². The zero-order valence-corrected chi connectivity index (χ0v) is 13.6. The van der Waals surface area contributed by atoms with Gasteiger partial charge in [0.05, 0.1) is 0 Å². The summed E-state index contributed by atoms with van der Waals surface area (Å²) in [6.07, 6.45) is 12.0. The fourth-order valence-electron chi connectivity index (χ4n) is 3.11. The lowest BCUT2D eigenvalue weighted by molar-refractivity contribution is 0.617. The lowest BCUT2D eigenvalue weighted by Gasteiger charge is -2.23. The van der Waals surface area contributed by atoms with Crippen LogP contribution in [-0.4, -0.2) is 29.1 Å². The van der Waals surface area contributed by atoms with Crippen molar-refractivity contribution in [2.45, 2.75) is 71.3 Å². The average molecular weight is 290 g/mol. The van der Waals surface area contributed by atoms with E-state index >= 15 is 0 Å². The number of aromatic nitrogens is 2. The summed E-state index contributed by atoms with van der Waals surface area (Å²) in [6, 6.07) is 2.71. The van der Waals surface area contributed by atoms with Gasteiger partial charge in [0.2, 0.25) is 0 Å². The van der Waals surface area contributed by atoms with E-state index < -0.39 is 0 Å². The van der Waals surface area contributed by atoms with Crippen LogP contribution in [0.4, 0.5) is 11.6 Å². The zero-order chi connectivity index (χ0) is 14.9. The van der Waals surface area contributed by atoms with E-state index in [9.17, 15) is 0 Å². The quantitative estimate of drug-likeness (QED) is 0.763. The van der Waals surface area contributed by atoms with Gasteiger partial charge in [-0.2, -0.15) is 0 Å². The number of hydrogen-bond donors (Lipinski definition) is 1. The number of rotatable bonds is 7. The standard InChI is InChI=1S/C17H30N4/c1-3-11-21(12-4-2)17-13-16(18-14-19-17)20-15-9-7-5-6-8-10-15/h13-15H,3-12H2,1-2H3,(H,18,19,20). The Balaban J connectivity index is 2.01. The van der Waals surface area contributed by atoms with E-state index in [-0.39, 0.29) is 0 Å². The van der Waals surface area contributed by atoms with Crippen molar-refractivity contribution in [3.63, 3.8) is 0 Å². The van der Waals surface area contributed by atoms with Crippen molar-refractivity contribution in [1.82, 2.24) is 9.97 Å². The van der Waals surface area contributed by atoms with Gasteiger partial charge < -0.3 is 10.2 Å². The van der Waals surface area contributed by atoms with E-state index in [4.69, 9.17) is 0 Å². The first-order valence-corrected chi connectivity index (χ1v) is 8.67. The molecule has 118 valence electrons. The molecule has 0 aliphatic heterocycles. The van der Waals surface area contributed by atoms with Gasteiger partial charge >= 0.3 is 0 Å².